The summed E-state index contributed by atoms with van der Waals surface area (Å²) in [6, 6.07) is 11.0. The third-order valence-electron chi connectivity index (χ3n) is 3.73. The van der Waals surface area contributed by atoms with E-state index < -0.39 is 11.4 Å². The predicted molar refractivity (Wildman–Crippen MR) is 96.2 cm³/mol. The van der Waals surface area contributed by atoms with Crippen LogP contribution in [0.4, 0.5) is 0 Å². The van der Waals surface area contributed by atoms with Gasteiger partial charge in [-0.25, -0.2) is 9.67 Å². The number of ketones is 1. The van der Waals surface area contributed by atoms with E-state index in [1.807, 2.05) is 0 Å². The van der Waals surface area contributed by atoms with Gasteiger partial charge in [-0.3, -0.25) is 4.79 Å². The molecule has 0 fully saturated rings. The van der Waals surface area contributed by atoms with Crippen molar-refractivity contribution in [2.24, 2.45) is 0 Å². The van der Waals surface area contributed by atoms with Crippen molar-refractivity contribution in [2.45, 2.75) is 12.1 Å². The fourth-order valence-corrected chi connectivity index (χ4v) is 3.31. The smallest absolute Gasteiger partial charge is 0.202 e. The lowest BCUT2D eigenvalue weighted by Crippen LogP contribution is -2.40. The highest BCUT2D eigenvalue weighted by Gasteiger charge is 2.41. The lowest BCUT2D eigenvalue weighted by atomic mass is 9.85. The fourth-order valence-electron chi connectivity index (χ4n) is 2.52. The van der Waals surface area contributed by atoms with Crippen LogP contribution in [-0.4, -0.2) is 25.7 Å². The molecule has 1 unspecified atom stereocenters. The lowest BCUT2D eigenvalue weighted by molar-refractivity contribution is 0.0182. The molecule has 8 heteroatoms. The molecule has 1 atom stereocenters. The molecule has 3 rings (SSSR count). The largest absolute Gasteiger partial charge is 0.375 e. The molecule has 0 aliphatic carbocycles. The number of rotatable bonds is 5. The summed E-state index contributed by atoms with van der Waals surface area (Å²) in [5.41, 5.74) is -1.60. The first-order valence-electron chi connectivity index (χ1n) is 7.21. The molecule has 0 aliphatic rings. The number of carbonyl (C=O) groups excluding carboxylic acids is 1. The highest BCUT2D eigenvalue weighted by Crippen LogP contribution is 2.35. The zero-order chi connectivity index (χ0) is 18.0. The normalized spacial score (nSPS) is 13.4. The number of carbonyl (C=O) groups is 1. The Morgan fingerprint density at radius 3 is 2.52 bits per heavy atom. The number of halogens is 3. The molecule has 5 nitrogen and oxygen atoms in total. The van der Waals surface area contributed by atoms with E-state index in [2.05, 4.69) is 10.1 Å². The molecule has 0 bridgehead atoms. The van der Waals surface area contributed by atoms with Crippen LogP contribution < -0.4 is 0 Å². The summed E-state index contributed by atoms with van der Waals surface area (Å²) in [7, 11) is 0. The van der Waals surface area contributed by atoms with Gasteiger partial charge in [-0.1, -0.05) is 53.0 Å². The summed E-state index contributed by atoms with van der Waals surface area (Å²) in [4.78, 5) is 17.0. The Balaban J connectivity index is 2.13. The van der Waals surface area contributed by atoms with Crippen LogP contribution in [0.5, 0.6) is 0 Å². The lowest BCUT2D eigenvalue weighted by Gasteiger charge is -2.28. The first kappa shape index (κ1) is 17.9. The van der Waals surface area contributed by atoms with Crippen LogP contribution in [0.15, 0.2) is 55.1 Å². The molecule has 0 amide bonds. The Morgan fingerprint density at radius 1 is 1.12 bits per heavy atom. The molecule has 128 valence electrons. The van der Waals surface area contributed by atoms with Gasteiger partial charge in [0.15, 0.2) is 5.60 Å². The van der Waals surface area contributed by atoms with E-state index >= 15 is 0 Å². The zero-order valence-corrected chi connectivity index (χ0v) is 15.0. The molecule has 0 saturated heterocycles. The fraction of sp³-hybridized carbons (Fsp3) is 0.118. The van der Waals surface area contributed by atoms with Crippen LogP contribution in [0, 0.1) is 0 Å². The first-order chi connectivity index (χ1) is 11.9. The zero-order valence-electron chi connectivity index (χ0n) is 12.7. The molecule has 0 aliphatic heterocycles. The van der Waals surface area contributed by atoms with Gasteiger partial charge >= 0.3 is 0 Å². The second-order valence-electron chi connectivity index (χ2n) is 5.39. The Kier molecular flexibility index (Phi) is 5.11. The number of aromatic nitrogens is 3. The molecule has 0 saturated carbocycles. The van der Waals surface area contributed by atoms with Gasteiger partial charge in [-0.2, -0.15) is 5.10 Å². The van der Waals surface area contributed by atoms with Gasteiger partial charge in [0.1, 0.15) is 12.7 Å². The number of benzene rings is 2. The summed E-state index contributed by atoms with van der Waals surface area (Å²) in [5, 5.41) is 16.1. The topological polar surface area (TPSA) is 68.0 Å². The van der Waals surface area contributed by atoms with Crippen LogP contribution in [0.25, 0.3) is 0 Å². The number of aliphatic hydroxyl groups is 1. The van der Waals surface area contributed by atoms with Crippen LogP contribution in [-0.2, 0) is 12.1 Å². The maximum Gasteiger partial charge on any atom is 0.202 e. The van der Waals surface area contributed by atoms with Gasteiger partial charge in [0, 0.05) is 21.2 Å². The van der Waals surface area contributed by atoms with Crippen molar-refractivity contribution < 1.29 is 9.90 Å². The summed E-state index contributed by atoms with van der Waals surface area (Å²) >= 11 is 18.3. The molecule has 0 radical (unpaired) electrons. The summed E-state index contributed by atoms with van der Waals surface area (Å²) < 4.78 is 1.35. The van der Waals surface area contributed by atoms with Crippen molar-refractivity contribution in [3.63, 3.8) is 0 Å². The Bertz CT molecular complexity index is 915. The first-order valence-corrected chi connectivity index (χ1v) is 8.35. The summed E-state index contributed by atoms with van der Waals surface area (Å²) in [6.45, 7) is -0.172. The van der Waals surface area contributed by atoms with Crippen LogP contribution in [0.3, 0.4) is 0 Å². The molecular weight excluding hydrogens is 385 g/mol. The summed E-state index contributed by atoms with van der Waals surface area (Å²) in [5.74, 6) is -0.613. The highest BCUT2D eigenvalue weighted by atomic mass is 35.5. The average Bonchev–Trinajstić information content (AvgIpc) is 3.07. The molecule has 1 N–H and O–H groups in total. The van der Waals surface area contributed by atoms with E-state index in [0.717, 1.165) is 0 Å². The number of nitrogens with zero attached hydrogens (tertiary/aromatic N) is 3. The van der Waals surface area contributed by atoms with Gasteiger partial charge in [0.25, 0.3) is 0 Å². The Hall–Kier alpha value is -1.92. The SMILES string of the molecule is O=C(c1ccc(Cl)cc1Cl)C(O)(Cn1cncn1)c1ccccc1Cl. The van der Waals surface area contributed by atoms with Crippen molar-refractivity contribution in [1.82, 2.24) is 14.8 Å². The second-order valence-corrected chi connectivity index (χ2v) is 6.64. The average molecular weight is 397 g/mol. The Labute approximate surface area is 158 Å². The molecule has 3 aromatic rings. The standard InChI is InChI=1S/C17H12Cl3N3O2/c18-11-5-6-12(15(20)7-11)16(24)17(25,8-23-10-21-9-22-23)13-3-1-2-4-14(13)19/h1-7,9-10,25H,8H2. The highest BCUT2D eigenvalue weighted by molar-refractivity contribution is 6.37. The second kappa shape index (κ2) is 7.14. The van der Waals surface area contributed by atoms with E-state index in [-0.39, 0.29) is 27.7 Å². The number of Topliss-reactive ketones (excluding diaryl/α,β-unsaturated/α-hetero) is 1. The molecule has 1 heterocycles. The maximum absolute atomic E-state index is 13.2. The molecule has 1 aromatic heterocycles. The van der Waals surface area contributed by atoms with Crippen molar-refractivity contribution in [3.05, 3.63) is 81.3 Å². The molecule has 0 spiro atoms. The van der Waals surface area contributed by atoms with Crippen LogP contribution >= 0.6 is 34.8 Å². The van der Waals surface area contributed by atoms with Gasteiger partial charge in [-0.15, -0.1) is 0 Å². The van der Waals surface area contributed by atoms with E-state index in [1.54, 1.807) is 24.3 Å². The molecule has 25 heavy (non-hydrogen) atoms. The van der Waals surface area contributed by atoms with E-state index in [1.165, 1.54) is 35.5 Å². The third-order valence-corrected chi connectivity index (χ3v) is 4.61. The predicted octanol–water partition coefficient (Wildman–Crippen LogP) is 4.01. The summed E-state index contributed by atoms with van der Waals surface area (Å²) in [6.07, 6.45) is 2.71. The van der Waals surface area contributed by atoms with Crippen molar-refractivity contribution >= 4 is 40.6 Å². The van der Waals surface area contributed by atoms with Crippen molar-refractivity contribution in [3.8, 4) is 0 Å². The van der Waals surface area contributed by atoms with Gasteiger partial charge in [0.05, 0.1) is 11.6 Å². The van der Waals surface area contributed by atoms with E-state index in [4.69, 9.17) is 34.8 Å². The monoisotopic (exact) mass is 395 g/mol. The third kappa shape index (κ3) is 3.55. The maximum atomic E-state index is 13.2. The molecular formula is C17H12Cl3N3O2. The van der Waals surface area contributed by atoms with Crippen molar-refractivity contribution in [2.75, 3.05) is 0 Å². The van der Waals surface area contributed by atoms with E-state index in [0.29, 0.717) is 5.02 Å². The minimum absolute atomic E-state index is 0.133. The quantitative estimate of drug-likeness (QED) is 0.662. The van der Waals surface area contributed by atoms with Crippen molar-refractivity contribution in [1.29, 1.82) is 0 Å². The van der Waals surface area contributed by atoms with Crippen LogP contribution in [0.1, 0.15) is 15.9 Å². The van der Waals surface area contributed by atoms with Gasteiger partial charge in [0.2, 0.25) is 5.78 Å². The minimum atomic E-state index is -1.98. The van der Waals surface area contributed by atoms with Gasteiger partial charge in [-0.05, 0) is 24.3 Å². The van der Waals surface area contributed by atoms with Crippen LogP contribution in [0.2, 0.25) is 15.1 Å². The van der Waals surface area contributed by atoms with Gasteiger partial charge < -0.3 is 5.11 Å². The molecule has 2 aromatic carbocycles. The Morgan fingerprint density at radius 2 is 1.88 bits per heavy atom. The number of hydrogen-bond acceptors (Lipinski definition) is 4. The number of hydrogen-bond donors (Lipinski definition) is 1. The minimum Gasteiger partial charge on any atom is -0.375 e. The van der Waals surface area contributed by atoms with E-state index in [9.17, 15) is 9.90 Å².